The minimum atomic E-state index is -4.14. The molecule has 0 bridgehead atoms. The van der Waals surface area contributed by atoms with E-state index in [-0.39, 0.29) is 5.30 Å². The largest absolute Gasteiger partial charge is 0.500 e. The summed E-state index contributed by atoms with van der Waals surface area (Å²) in [5.74, 6) is 1.95. The first-order valence-electron chi connectivity index (χ1n) is 7.25. The van der Waals surface area contributed by atoms with Crippen LogP contribution in [0.3, 0.4) is 0 Å². The SMILES string of the molecule is CO[Si](CCCSCCc1ccc(P(=O)(O)O)cc1)(OC)OC. The Morgan fingerprint density at radius 1 is 1.04 bits per heavy atom. The van der Waals surface area contributed by atoms with Gasteiger partial charge in [-0.25, -0.2) is 0 Å². The van der Waals surface area contributed by atoms with Crippen molar-refractivity contribution >= 4 is 33.5 Å². The zero-order chi connectivity index (χ0) is 17.3. The molecule has 0 saturated carbocycles. The Labute approximate surface area is 143 Å². The molecule has 1 aromatic rings. The van der Waals surface area contributed by atoms with Crippen LogP contribution in [0.25, 0.3) is 0 Å². The lowest BCUT2D eigenvalue weighted by atomic mass is 10.2. The van der Waals surface area contributed by atoms with Gasteiger partial charge in [0.1, 0.15) is 0 Å². The molecule has 23 heavy (non-hydrogen) atoms. The highest BCUT2D eigenvalue weighted by molar-refractivity contribution is 7.99. The monoisotopic (exact) mass is 380 g/mol. The number of hydrogen-bond acceptors (Lipinski definition) is 5. The molecular formula is C14H25O6PSSi. The van der Waals surface area contributed by atoms with Crippen LogP contribution in [-0.2, 0) is 24.3 Å². The van der Waals surface area contributed by atoms with Crippen LogP contribution in [0.4, 0.5) is 0 Å². The Hall–Kier alpha value is -0.183. The fourth-order valence-corrected chi connectivity index (χ4v) is 5.54. The van der Waals surface area contributed by atoms with Gasteiger partial charge >= 0.3 is 16.4 Å². The van der Waals surface area contributed by atoms with Crippen LogP contribution in [0.1, 0.15) is 12.0 Å². The molecule has 9 heteroatoms. The van der Waals surface area contributed by atoms with Gasteiger partial charge in [0.15, 0.2) is 0 Å². The first-order valence-corrected chi connectivity index (χ1v) is 11.9. The van der Waals surface area contributed by atoms with E-state index < -0.39 is 16.4 Å². The molecule has 0 spiro atoms. The second-order valence-corrected chi connectivity index (χ2v) is 10.9. The highest BCUT2D eigenvalue weighted by Gasteiger charge is 2.36. The smallest absolute Gasteiger partial charge is 0.377 e. The van der Waals surface area contributed by atoms with Gasteiger partial charge in [-0.3, -0.25) is 4.57 Å². The molecule has 2 N–H and O–H groups in total. The highest BCUT2D eigenvalue weighted by atomic mass is 32.2. The molecule has 0 aliphatic heterocycles. The van der Waals surface area contributed by atoms with E-state index in [1.54, 1.807) is 33.5 Å². The van der Waals surface area contributed by atoms with E-state index in [0.717, 1.165) is 36.0 Å². The van der Waals surface area contributed by atoms with Crippen LogP contribution >= 0.6 is 19.4 Å². The van der Waals surface area contributed by atoms with Crippen molar-refractivity contribution in [2.24, 2.45) is 0 Å². The van der Waals surface area contributed by atoms with Gasteiger partial charge in [0.2, 0.25) is 0 Å². The summed E-state index contributed by atoms with van der Waals surface area (Å²) in [4.78, 5) is 18.1. The molecule has 132 valence electrons. The lowest BCUT2D eigenvalue weighted by Crippen LogP contribution is -2.42. The number of benzene rings is 1. The third-order valence-electron chi connectivity index (χ3n) is 3.51. The number of rotatable bonds is 11. The maximum Gasteiger partial charge on any atom is 0.500 e. The third-order valence-corrected chi connectivity index (χ3v) is 8.39. The number of hydrogen-bond donors (Lipinski definition) is 2. The molecule has 0 unspecified atom stereocenters. The summed E-state index contributed by atoms with van der Waals surface area (Å²) in [6, 6.07) is 7.33. The van der Waals surface area contributed by atoms with E-state index in [0.29, 0.717) is 0 Å². The molecule has 1 rings (SSSR count). The summed E-state index contributed by atoms with van der Waals surface area (Å²) in [6.45, 7) is 0. The second kappa shape index (κ2) is 9.96. The average molecular weight is 380 g/mol. The van der Waals surface area contributed by atoms with Crippen molar-refractivity contribution in [3.05, 3.63) is 29.8 Å². The van der Waals surface area contributed by atoms with Crippen molar-refractivity contribution in [1.82, 2.24) is 0 Å². The molecule has 0 radical (unpaired) electrons. The van der Waals surface area contributed by atoms with Crippen LogP contribution in [-0.4, -0.2) is 51.4 Å². The van der Waals surface area contributed by atoms with Gasteiger partial charge in [0.05, 0.1) is 5.30 Å². The lowest BCUT2D eigenvalue weighted by Gasteiger charge is -2.24. The quantitative estimate of drug-likeness (QED) is 0.345. The van der Waals surface area contributed by atoms with E-state index in [9.17, 15) is 4.57 Å². The maximum absolute atomic E-state index is 11.1. The van der Waals surface area contributed by atoms with Crippen LogP contribution in [0.2, 0.25) is 6.04 Å². The number of thioether (sulfide) groups is 1. The zero-order valence-corrected chi connectivity index (χ0v) is 16.4. The Kier molecular flexibility index (Phi) is 9.03. The minimum absolute atomic E-state index is 0.0638. The first-order chi connectivity index (χ1) is 10.9. The van der Waals surface area contributed by atoms with Crippen molar-refractivity contribution in [1.29, 1.82) is 0 Å². The molecule has 0 aliphatic carbocycles. The van der Waals surface area contributed by atoms with Crippen LogP contribution in [0, 0.1) is 0 Å². The van der Waals surface area contributed by atoms with Gasteiger partial charge < -0.3 is 23.1 Å². The normalized spacial score (nSPS) is 12.6. The molecule has 0 heterocycles. The molecule has 0 aromatic heterocycles. The third kappa shape index (κ3) is 7.07. The summed E-state index contributed by atoms with van der Waals surface area (Å²) in [5.41, 5.74) is 1.07. The van der Waals surface area contributed by atoms with Gasteiger partial charge in [0.25, 0.3) is 0 Å². The zero-order valence-electron chi connectivity index (χ0n) is 13.7. The predicted molar refractivity (Wildman–Crippen MR) is 95.4 cm³/mol. The fourth-order valence-electron chi connectivity index (χ4n) is 2.10. The van der Waals surface area contributed by atoms with E-state index in [1.165, 1.54) is 12.1 Å². The molecule has 0 aliphatic rings. The fraction of sp³-hybridized carbons (Fsp3) is 0.571. The van der Waals surface area contributed by atoms with E-state index in [2.05, 4.69) is 0 Å². The summed E-state index contributed by atoms with van der Waals surface area (Å²) >= 11 is 1.83. The number of aryl methyl sites for hydroxylation is 1. The average Bonchev–Trinajstić information content (AvgIpc) is 2.54. The molecular weight excluding hydrogens is 355 g/mol. The standard InChI is InChI=1S/C14H25O6PSSi/c1-18-23(19-2,20-3)12-4-10-22-11-9-13-5-7-14(8-6-13)21(15,16)17/h5-8H,4,9-12H2,1-3H3,(H2,15,16,17). The van der Waals surface area contributed by atoms with Crippen molar-refractivity contribution in [2.45, 2.75) is 18.9 Å². The van der Waals surface area contributed by atoms with Crippen molar-refractivity contribution in [3.8, 4) is 0 Å². The Morgan fingerprint density at radius 3 is 2.09 bits per heavy atom. The van der Waals surface area contributed by atoms with Gasteiger partial charge in [-0.1, -0.05) is 12.1 Å². The van der Waals surface area contributed by atoms with E-state index in [1.807, 2.05) is 11.8 Å². The summed E-state index contributed by atoms with van der Waals surface area (Å²) in [5, 5.41) is 0.0638. The summed E-state index contributed by atoms with van der Waals surface area (Å²) in [7, 11) is -1.74. The molecule has 0 amide bonds. The molecule has 0 fully saturated rings. The van der Waals surface area contributed by atoms with Crippen molar-refractivity contribution in [2.75, 3.05) is 32.8 Å². The first kappa shape index (κ1) is 20.9. The summed E-state index contributed by atoms with van der Waals surface area (Å²) < 4.78 is 27.2. The molecule has 0 atom stereocenters. The topological polar surface area (TPSA) is 85.2 Å². The van der Waals surface area contributed by atoms with Gasteiger partial charge in [0, 0.05) is 27.4 Å². The van der Waals surface area contributed by atoms with Gasteiger partial charge in [-0.2, -0.15) is 11.8 Å². The van der Waals surface area contributed by atoms with Crippen LogP contribution < -0.4 is 5.30 Å². The van der Waals surface area contributed by atoms with Crippen LogP contribution in [0.15, 0.2) is 24.3 Å². The van der Waals surface area contributed by atoms with E-state index >= 15 is 0 Å². The maximum atomic E-state index is 11.1. The second-order valence-electron chi connectivity index (χ2n) is 4.97. The van der Waals surface area contributed by atoms with Crippen LogP contribution in [0.5, 0.6) is 0 Å². The van der Waals surface area contributed by atoms with E-state index in [4.69, 9.17) is 23.1 Å². The predicted octanol–water partition coefficient (Wildman–Crippen LogP) is 2.03. The Bertz CT molecular complexity index is 494. The molecule has 1 aromatic carbocycles. The van der Waals surface area contributed by atoms with Crippen molar-refractivity contribution in [3.63, 3.8) is 0 Å². The van der Waals surface area contributed by atoms with Gasteiger partial charge in [-0.15, -0.1) is 0 Å². The minimum Gasteiger partial charge on any atom is -0.377 e. The Morgan fingerprint density at radius 2 is 1.61 bits per heavy atom. The molecule has 0 saturated heterocycles. The molecule has 6 nitrogen and oxygen atoms in total. The van der Waals surface area contributed by atoms with Crippen molar-refractivity contribution < 1.29 is 27.6 Å². The Balaban J connectivity index is 2.26. The summed E-state index contributed by atoms with van der Waals surface area (Å²) in [6.07, 6.45) is 1.83. The lowest BCUT2D eigenvalue weighted by molar-refractivity contribution is 0.123. The van der Waals surface area contributed by atoms with Gasteiger partial charge in [-0.05, 0) is 42.0 Å². The highest BCUT2D eigenvalue weighted by Crippen LogP contribution is 2.32.